The molecule has 3 aromatic carbocycles. The molecule has 0 spiro atoms. The van der Waals surface area contributed by atoms with Crippen LogP contribution in [0.2, 0.25) is 0 Å². The molecule has 35 heavy (non-hydrogen) atoms. The fraction of sp³-hybridized carbons (Fsp3) is 0.375. The van der Waals surface area contributed by atoms with Crippen LogP contribution in [0.1, 0.15) is 56.9 Å². The standard InChI is InChI=1S/C32H35N2O/c1-19-13-23-14-21(17-31(3,4)5)15-26-29(23)28(20(19)2)30-27(35-26)16-24-22(18-32(6,7)33-8)11-10-12-25(24)34(30)9/h10-16H,17-18H2,1-7,9H3/q+1. The third-order valence-corrected chi connectivity index (χ3v) is 7.28. The first-order valence-corrected chi connectivity index (χ1v) is 12.5. The Morgan fingerprint density at radius 2 is 1.69 bits per heavy atom. The maximum Gasteiger partial charge on any atom is 0.256 e. The smallest absolute Gasteiger partial charge is 0.256 e. The van der Waals surface area contributed by atoms with E-state index in [1.54, 1.807) is 0 Å². The molecule has 0 bridgehead atoms. The van der Waals surface area contributed by atoms with Gasteiger partial charge in [0.15, 0.2) is 5.75 Å². The normalized spacial score (nSPS) is 13.0. The predicted molar refractivity (Wildman–Crippen MR) is 145 cm³/mol. The van der Waals surface area contributed by atoms with E-state index in [1.165, 1.54) is 38.6 Å². The van der Waals surface area contributed by atoms with Crippen LogP contribution >= 0.6 is 0 Å². The number of ether oxygens (including phenoxy) is 1. The largest absolute Gasteiger partial charge is 0.450 e. The summed E-state index contributed by atoms with van der Waals surface area (Å²) in [5, 5.41) is 3.61. The van der Waals surface area contributed by atoms with Crippen molar-refractivity contribution in [3.63, 3.8) is 0 Å². The summed E-state index contributed by atoms with van der Waals surface area (Å²) in [6.07, 6.45) is 1.70. The summed E-state index contributed by atoms with van der Waals surface area (Å²) in [6, 6.07) is 15.5. The van der Waals surface area contributed by atoms with Crippen LogP contribution < -0.4 is 9.30 Å². The molecule has 0 radical (unpaired) electrons. The number of aryl methyl sites for hydroxylation is 2. The topological polar surface area (TPSA) is 17.5 Å². The molecule has 0 amide bonds. The molecule has 3 heteroatoms. The molecule has 3 nitrogen and oxygen atoms in total. The maximum absolute atomic E-state index is 7.62. The van der Waals surface area contributed by atoms with E-state index in [0.717, 1.165) is 34.5 Å². The van der Waals surface area contributed by atoms with Crippen LogP contribution in [-0.2, 0) is 19.9 Å². The van der Waals surface area contributed by atoms with Gasteiger partial charge in [-0.2, -0.15) is 4.57 Å². The second-order valence-corrected chi connectivity index (χ2v) is 12.1. The molecule has 1 aliphatic heterocycles. The lowest BCUT2D eigenvalue weighted by Crippen LogP contribution is -2.34. The molecular weight excluding hydrogens is 428 g/mol. The van der Waals surface area contributed by atoms with Crippen LogP contribution in [0, 0.1) is 25.8 Å². The van der Waals surface area contributed by atoms with Crippen molar-refractivity contribution in [1.29, 1.82) is 0 Å². The molecule has 0 fully saturated rings. The van der Waals surface area contributed by atoms with E-state index in [0.29, 0.717) is 6.42 Å². The van der Waals surface area contributed by atoms with Gasteiger partial charge in [0.05, 0.1) is 17.4 Å². The van der Waals surface area contributed by atoms with E-state index < -0.39 is 5.54 Å². The number of hydrogen-bond donors (Lipinski definition) is 0. The minimum absolute atomic E-state index is 0.197. The van der Waals surface area contributed by atoms with Gasteiger partial charge in [-0.25, -0.2) is 6.57 Å². The van der Waals surface area contributed by atoms with Gasteiger partial charge in [0, 0.05) is 31.4 Å². The van der Waals surface area contributed by atoms with Gasteiger partial charge in [-0.15, -0.1) is 0 Å². The van der Waals surface area contributed by atoms with Gasteiger partial charge in [0.2, 0.25) is 11.1 Å². The van der Waals surface area contributed by atoms with Gasteiger partial charge in [0.1, 0.15) is 12.8 Å². The summed E-state index contributed by atoms with van der Waals surface area (Å²) < 4.78 is 9.00. The Hall–Kier alpha value is -3.38. The van der Waals surface area contributed by atoms with Gasteiger partial charge in [0.25, 0.3) is 5.69 Å². The fourth-order valence-electron chi connectivity index (χ4n) is 5.59. The third-order valence-electron chi connectivity index (χ3n) is 7.28. The molecule has 1 aromatic heterocycles. The highest BCUT2D eigenvalue weighted by atomic mass is 16.5. The minimum atomic E-state index is -0.447. The van der Waals surface area contributed by atoms with E-state index in [4.69, 9.17) is 11.3 Å². The van der Waals surface area contributed by atoms with Crippen molar-refractivity contribution in [2.75, 3.05) is 0 Å². The van der Waals surface area contributed by atoms with Gasteiger partial charge in [-0.05, 0) is 59.4 Å². The zero-order valence-corrected chi connectivity index (χ0v) is 22.3. The first-order chi connectivity index (χ1) is 16.4. The molecule has 0 atom stereocenters. The molecule has 0 saturated heterocycles. The number of hydrogen-bond acceptors (Lipinski definition) is 1. The van der Waals surface area contributed by atoms with Crippen LogP contribution in [0.3, 0.4) is 0 Å². The lowest BCUT2D eigenvalue weighted by molar-refractivity contribution is -0.633. The second-order valence-electron chi connectivity index (χ2n) is 12.1. The summed E-state index contributed by atoms with van der Waals surface area (Å²) in [7, 11) is 2.14. The maximum atomic E-state index is 7.62. The zero-order chi connectivity index (χ0) is 25.3. The second kappa shape index (κ2) is 7.82. The van der Waals surface area contributed by atoms with Gasteiger partial charge < -0.3 is 9.58 Å². The van der Waals surface area contributed by atoms with Crippen molar-refractivity contribution < 1.29 is 9.30 Å². The van der Waals surface area contributed by atoms with Gasteiger partial charge in [-0.1, -0.05) is 45.0 Å². The average molecular weight is 464 g/mol. The van der Waals surface area contributed by atoms with E-state index >= 15 is 0 Å². The summed E-state index contributed by atoms with van der Waals surface area (Å²) in [5.41, 5.74) is 8.40. The van der Waals surface area contributed by atoms with Crippen molar-refractivity contribution in [3.8, 4) is 22.8 Å². The Bertz CT molecular complexity index is 1560. The Morgan fingerprint density at radius 3 is 2.37 bits per heavy atom. The molecule has 2 heterocycles. The highest BCUT2D eigenvalue weighted by Gasteiger charge is 2.33. The molecule has 0 N–H and O–H groups in total. The Balaban J connectivity index is 1.82. The molecule has 0 saturated carbocycles. The minimum Gasteiger partial charge on any atom is -0.450 e. The first-order valence-electron chi connectivity index (χ1n) is 12.5. The van der Waals surface area contributed by atoms with Crippen LogP contribution in [0.15, 0.2) is 42.5 Å². The quantitative estimate of drug-likeness (QED) is 0.195. The van der Waals surface area contributed by atoms with Crippen molar-refractivity contribution in [3.05, 3.63) is 76.1 Å². The van der Waals surface area contributed by atoms with Crippen molar-refractivity contribution in [2.45, 2.75) is 66.8 Å². The van der Waals surface area contributed by atoms with Crippen molar-refractivity contribution >= 4 is 21.7 Å². The fourth-order valence-corrected chi connectivity index (χ4v) is 5.59. The molecular formula is C32H35N2O+. The van der Waals surface area contributed by atoms with Gasteiger partial charge in [-0.3, -0.25) is 0 Å². The Kier molecular flexibility index (Phi) is 5.22. The third kappa shape index (κ3) is 3.96. The number of nitrogens with zero attached hydrogens (tertiary/aromatic N) is 2. The molecule has 178 valence electrons. The van der Waals surface area contributed by atoms with Crippen LogP contribution in [0.4, 0.5) is 0 Å². The highest BCUT2D eigenvalue weighted by molar-refractivity contribution is 6.05. The summed E-state index contributed by atoms with van der Waals surface area (Å²) in [4.78, 5) is 3.86. The summed E-state index contributed by atoms with van der Waals surface area (Å²) in [5.74, 6) is 1.84. The van der Waals surface area contributed by atoms with E-state index in [1.807, 2.05) is 13.8 Å². The van der Waals surface area contributed by atoms with Gasteiger partial charge >= 0.3 is 0 Å². The Labute approximate surface area is 209 Å². The zero-order valence-electron chi connectivity index (χ0n) is 22.3. The number of fused-ring (bicyclic) bond motifs is 3. The number of benzene rings is 3. The molecule has 0 aliphatic carbocycles. The molecule has 5 rings (SSSR count). The lowest BCUT2D eigenvalue weighted by Gasteiger charge is -2.25. The Morgan fingerprint density at radius 1 is 0.943 bits per heavy atom. The van der Waals surface area contributed by atoms with E-state index in [-0.39, 0.29) is 5.41 Å². The highest BCUT2D eigenvalue weighted by Crippen LogP contribution is 2.49. The van der Waals surface area contributed by atoms with Crippen LogP contribution in [0.5, 0.6) is 11.5 Å². The van der Waals surface area contributed by atoms with Crippen LogP contribution in [0.25, 0.3) is 37.8 Å². The number of pyridine rings is 1. The molecule has 0 unspecified atom stereocenters. The summed E-state index contributed by atoms with van der Waals surface area (Å²) in [6.45, 7) is 22.9. The van der Waals surface area contributed by atoms with Crippen LogP contribution in [-0.4, -0.2) is 5.54 Å². The van der Waals surface area contributed by atoms with Crippen molar-refractivity contribution in [1.82, 2.24) is 0 Å². The van der Waals surface area contributed by atoms with Crippen molar-refractivity contribution in [2.24, 2.45) is 12.5 Å². The number of aromatic nitrogens is 1. The number of rotatable bonds is 3. The monoisotopic (exact) mass is 463 g/mol. The predicted octanol–water partition coefficient (Wildman–Crippen LogP) is 8.04. The molecule has 1 aliphatic rings. The summed E-state index contributed by atoms with van der Waals surface area (Å²) >= 11 is 0. The lowest BCUT2D eigenvalue weighted by atomic mass is 9.85. The SMILES string of the molecule is [C-]#[N+]C(C)(C)Cc1cccc2c1cc1c([n+]2C)-c2c(C)c(C)cc3cc(CC(C)(C)C)cc(c23)O1. The average Bonchev–Trinajstić information content (AvgIpc) is 2.76. The van der Waals surface area contributed by atoms with E-state index in [2.05, 4.69) is 93.5 Å². The first kappa shape index (κ1) is 23.4. The molecule has 4 aromatic rings. The van der Waals surface area contributed by atoms with E-state index in [9.17, 15) is 0 Å².